The van der Waals surface area contributed by atoms with E-state index in [0.29, 0.717) is 17.5 Å². The van der Waals surface area contributed by atoms with Gasteiger partial charge in [0.05, 0.1) is 5.56 Å². The number of halogens is 1. The second kappa shape index (κ2) is 5.92. The Hall–Kier alpha value is -1.07. The minimum atomic E-state index is -0.515. The van der Waals surface area contributed by atoms with Crippen LogP contribution in [0.4, 0.5) is 4.39 Å². The lowest BCUT2D eigenvalue weighted by Gasteiger charge is -2.24. The smallest absolute Gasteiger partial charge is 0.254 e. The number of benzene rings is 1. The number of carbonyl (C=O) groups excluding carboxylic acids is 1. The molecule has 0 aromatic heterocycles. The summed E-state index contributed by atoms with van der Waals surface area (Å²) in [6.07, 6.45) is 2.45. The first-order valence-corrected chi connectivity index (χ1v) is 6.92. The van der Waals surface area contributed by atoms with Crippen molar-refractivity contribution in [1.82, 2.24) is 10.2 Å². The number of hydrogen-bond acceptors (Lipinski definition) is 3. The Morgan fingerprint density at radius 1 is 1.58 bits per heavy atom. The number of amides is 1. The van der Waals surface area contributed by atoms with Gasteiger partial charge in [-0.05, 0) is 45.0 Å². The van der Waals surface area contributed by atoms with E-state index in [1.165, 1.54) is 31.0 Å². The van der Waals surface area contributed by atoms with Crippen molar-refractivity contribution in [2.45, 2.75) is 36.7 Å². The molecule has 1 amide bonds. The third-order valence-electron chi connectivity index (χ3n) is 3.57. The molecule has 0 bridgehead atoms. The Bertz CT molecular complexity index is 477. The van der Waals surface area contributed by atoms with E-state index in [1.54, 1.807) is 0 Å². The highest BCUT2D eigenvalue weighted by molar-refractivity contribution is 7.80. The van der Waals surface area contributed by atoms with Crippen molar-refractivity contribution in [2.75, 3.05) is 13.6 Å². The Kier molecular flexibility index (Phi) is 4.47. The lowest BCUT2D eigenvalue weighted by atomic mass is 10.2. The first-order chi connectivity index (χ1) is 8.99. The SMILES string of the molecule is CC(CNC(=O)c1cc(S)ccc1F)N(C)C1CC1. The molecule has 0 spiro atoms. The third-order valence-corrected chi connectivity index (χ3v) is 3.85. The summed E-state index contributed by atoms with van der Waals surface area (Å²) < 4.78 is 13.5. The highest BCUT2D eigenvalue weighted by Crippen LogP contribution is 2.26. The van der Waals surface area contributed by atoms with Crippen LogP contribution in [0.1, 0.15) is 30.1 Å². The van der Waals surface area contributed by atoms with Crippen LogP contribution in [0.2, 0.25) is 0 Å². The molecule has 0 radical (unpaired) electrons. The minimum Gasteiger partial charge on any atom is -0.350 e. The zero-order valence-electron chi connectivity index (χ0n) is 11.2. The molecule has 1 unspecified atom stereocenters. The first kappa shape index (κ1) is 14.3. The molecule has 1 aliphatic carbocycles. The first-order valence-electron chi connectivity index (χ1n) is 6.47. The molecule has 0 saturated heterocycles. The summed E-state index contributed by atoms with van der Waals surface area (Å²) in [6, 6.07) is 5.13. The number of hydrogen-bond donors (Lipinski definition) is 2. The zero-order chi connectivity index (χ0) is 14.0. The quantitative estimate of drug-likeness (QED) is 0.812. The topological polar surface area (TPSA) is 32.3 Å². The van der Waals surface area contributed by atoms with E-state index in [1.807, 2.05) is 0 Å². The molecule has 0 heterocycles. The lowest BCUT2D eigenvalue weighted by Crippen LogP contribution is -2.41. The van der Waals surface area contributed by atoms with Gasteiger partial charge in [-0.3, -0.25) is 9.69 Å². The fraction of sp³-hybridized carbons (Fsp3) is 0.500. The largest absolute Gasteiger partial charge is 0.350 e. The van der Waals surface area contributed by atoms with E-state index in [9.17, 15) is 9.18 Å². The number of nitrogens with zero attached hydrogens (tertiary/aromatic N) is 1. The van der Waals surface area contributed by atoms with Crippen LogP contribution in [0.5, 0.6) is 0 Å². The standard InChI is InChI=1S/C14H19FN2OS/c1-9(17(2)10-3-4-10)8-16-14(18)12-7-11(19)5-6-13(12)15/h5-7,9-10,19H,3-4,8H2,1-2H3,(H,16,18). The van der Waals surface area contributed by atoms with Crippen LogP contribution >= 0.6 is 12.6 Å². The van der Waals surface area contributed by atoms with Crippen molar-refractivity contribution in [2.24, 2.45) is 0 Å². The molecule has 1 aliphatic rings. The van der Waals surface area contributed by atoms with Gasteiger partial charge < -0.3 is 5.32 Å². The van der Waals surface area contributed by atoms with Gasteiger partial charge in [-0.15, -0.1) is 12.6 Å². The summed E-state index contributed by atoms with van der Waals surface area (Å²) in [4.78, 5) is 14.8. The summed E-state index contributed by atoms with van der Waals surface area (Å²) in [6.45, 7) is 2.58. The fourth-order valence-corrected chi connectivity index (χ4v) is 2.21. The molecule has 1 aromatic rings. The Labute approximate surface area is 118 Å². The molecule has 104 valence electrons. The molecule has 19 heavy (non-hydrogen) atoms. The van der Waals surface area contributed by atoms with Crippen molar-refractivity contribution < 1.29 is 9.18 Å². The normalized spacial score (nSPS) is 16.5. The van der Waals surface area contributed by atoms with E-state index >= 15 is 0 Å². The molecule has 1 atom stereocenters. The highest BCUT2D eigenvalue weighted by atomic mass is 32.1. The molecular weight excluding hydrogens is 263 g/mol. The maximum atomic E-state index is 13.5. The van der Waals surface area contributed by atoms with Gasteiger partial charge in [-0.1, -0.05) is 0 Å². The number of likely N-dealkylation sites (N-methyl/N-ethyl adjacent to an activating group) is 1. The van der Waals surface area contributed by atoms with Gasteiger partial charge in [0, 0.05) is 23.5 Å². The Morgan fingerprint density at radius 2 is 2.26 bits per heavy atom. The number of thiol groups is 1. The monoisotopic (exact) mass is 282 g/mol. The van der Waals surface area contributed by atoms with Gasteiger partial charge in [0.25, 0.3) is 5.91 Å². The summed E-state index contributed by atoms with van der Waals surface area (Å²) in [7, 11) is 2.06. The maximum Gasteiger partial charge on any atom is 0.254 e. The van der Waals surface area contributed by atoms with Crippen LogP contribution in [-0.2, 0) is 0 Å². The lowest BCUT2D eigenvalue weighted by molar-refractivity contribution is 0.0935. The molecule has 1 fully saturated rings. The highest BCUT2D eigenvalue weighted by Gasteiger charge is 2.29. The molecule has 3 nitrogen and oxygen atoms in total. The molecule has 1 N–H and O–H groups in total. The van der Waals surface area contributed by atoms with Gasteiger partial charge in [-0.2, -0.15) is 0 Å². The summed E-state index contributed by atoms with van der Waals surface area (Å²) in [5, 5.41) is 2.78. The predicted octanol–water partition coefficient (Wildman–Crippen LogP) is 2.33. The summed E-state index contributed by atoms with van der Waals surface area (Å²) in [5.74, 6) is -0.900. The summed E-state index contributed by atoms with van der Waals surface area (Å²) in [5.41, 5.74) is 0.0498. The molecule has 2 rings (SSSR count). The second-order valence-corrected chi connectivity index (χ2v) is 5.64. The van der Waals surface area contributed by atoms with E-state index in [2.05, 4.69) is 36.8 Å². The van der Waals surface area contributed by atoms with Gasteiger partial charge >= 0.3 is 0 Å². The van der Waals surface area contributed by atoms with Gasteiger partial charge in [0.2, 0.25) is 0 Å². The van der Waals surface area contributed by atoms with Gasteiger partial charge in [0.15, 0.2) is 0 Å². The van der Waals surface area contributed by atoms with Crippen LogP contribution in [0.15, 0.2) is 23.1 Å². The van der Waals surface area contributed by atoms with Crippen molar-refractivity contribution in [3.8, 4) is 0 Å². The van der Waals surface area contributed by atoms with Gasteiger partial charge in [-0.25, -0.2) is 4.39 Å². The minimum absolute atomic E-state index is 0.0498. The molecule has 5 heteroatoms. The Balaban J connectivity index is 1.91. The zero-order valence-corrected chi connectivity index (χ0v) is 12.1. The van der Waals surface area contributed by atoms with E-state index in [0.717, 1.165) is 0 Å². The van der Waals surface area contributed by atoms with Crippen LogP contribution in [0, 0.1) is 5.82 Å². The average molecular weight is 282 g/mol. The molecular formula is C14H19FN2OS. The third kappa shape index (κ3) is 3.70. The van der Waals surface area contributed by atoms with Crippen molar-refractivity contribution in [3.05, 3.63) is 29.6 Å². The van der Waals surface area contributed by atoms with Crippen molar-refractivity contribution >= 4 is 18.5 Å². The Morgan fingerprint density at radius 3 is 2.89 bits per heavy atom. The van der Waals surface area contributed by atoms with E-state index < -0.39 is 5.82 Å². The van der Waals surface area contributed by atoms with Crippen molar-refractivity contribution in [1.29, 1.82) is 0 Å². The predicted molar refractivity (Wildman–Crippen MR) is 76.2 cm³/mol. The van der Waals surface area contributed by atoms with Crippen LogP contribution < -0.4 is 5.32 Å². The number of nitrogens with one attached hydrogen (secondary N) is 1. The fourth-order valence-electron chi connectivity index (χ4n) is 2.01. The number of carbonyl (C=O) groups is 1. The maximum absolute atomic E-state index is 13.5. The molecule has 1 saturated carbocycles. The average Bonchev–Trinajstić information content (AvgIpc) is 3.21. The summed E-state index contributed by atoms with van der Waals surface area (Å²) >= 11 is 4.12. The van der Waals surface area contributed by atoms with Crippen LogP contribution in [0.3, 0.4) is 0 Å². The molecule has 0 aliphatic heterocycles. The molecule has 1 aromatic carbocycles. The number of rotatable bonds is 5. The van der Waals surface area contributed by atoms with Crippen molar-refractivity contribution in [3.63, 3.8) is 0 Å². The second-order valence-electron chi connectivity index (χ2n) is 5.12. The van der Waals surface area contributed by atoms with Crippen LogP contribution in [-0.4, -0.2) is 36.5 Å². The van der Waals surface area contributed by atoms with Crippen LogP contribution in [0.25, 0.3) is 0 Å². The van der Waals surface area contributed by atoms with Gasteiger partial charge in [0.1, 0.15) is 5.82 Å². The van der Waals surface area contributed by atoms with E-state index in [4.69, 9.17) is 0 Å². The van der Waals surface area contributed by atoms with E-state index in [-0.39, 0.29) is 17.5 Å².